The number of carboxylic acid groups (broad SMARTS) is 1. The molecule has 0 aromatic heterocycles. The lowest BCUT2D eigenvalue weighted by molar-refractivity contribution is -0.227. The molecule has 1 atom stereocenters. The number of hydrogen-bond donors (Lipinski definition) is 1. The number of alkyl halides is 3. The predicted octanol–water partition coefficient (Wildman–Crippen LogP) is 3.01. The second-order valence-corrected chi connectivity index (χ2v) is 6.91. The fourth-order valence-electron chi connectivity index (χ4n) is 3.47. The summed E-state index contributed by atoms with van der Waals surface area (Å²) in [6.07, 6.45) is -4.56. The lowest BCUT2D eigenvalue weighted by atomic mass is 9.86. The molecule has 1 aliphatic carbocycles. The molecule has 1 saturated carbocycles. The van der Waals surface area contributed by atoms with E-state index in [-0.39, 0.29) is 13.0 Å². The van der Waals surface area contributed by atoms with E-state index >= 15 is 0 Å². The van der Waals surface area contributed by atoms with E-state index in [1.54, 1.807) is 12.1 Å². The van der Waals surface area contributed by atoms with Gasteiger partial charge in [0.1, 0.15) is 5.82 Å². The first-order chi connectivity index (χ1) is 11.6. The van der Waals surface area contributed by atoms with E-state index in [0.717, 1.165) is 4.90 Å². The zero-order chi connectivity index (χ0) is 18.5. The second-order valence-electron chi connectivity index (χ2n) is 6.91. The van der Waals surface area contributed by atoms with Crippen LogP contribution in [-0.2, 0) is 16.0 Å². The highest BCUT2D eigenvalue weighted by Crippen LogP contribution is 2.53. The summed E-state index contributed by atoms with van der Waals surface area (Å²) in [6.45, 7) is -1.15. The molecule has 1 N–H and O–H groups in total. The van der Waals surface area contributed by atoms with Crippen LogP contribution >= 0.6 is 0 Å². The van der Waals surface area contributed by atoms with Crippen LogP contribution in [0.5, 0.6) is 0 Å². The largest absolute Gasteiger partial charge is 0.481 e. The maximum atomic E-state index is 13.8. The molecule has 2 fully saturated rings. The Morgan fingerprint density at radius 2 is 1.80 bits per heavy atom. The van der Waals surface area contributed by atoms with Crippen molar-refractivity contribution >= 4 is 11.9 Å². The fraction of sp³-hybridized carbons (Fsp3) is 0.529. The van der Waals surface area contributed by atoms with Gasteiger partial charge in [-0.1, -0.05) is 18.2 Å². The summed E-state index contributed by atoms with van der Waals surface area (Å²) in [4.78, 5) is 24.9. The van der Waals surface area contributed by atoms with E-state index in [4.69, 9.17) is 5.11 Å². The van der Waals surface area contributed by atoms with Gasteiger partial charge in [-0.05, 0) is 37.3 Å². The van der Waals surface area contributed by atoms with Crippen LogP contribution in [0.1, 0.15) is 24.8 Å². The van der Waals surface area contributed by atoms with Gasteiger partial charge in [0.05, 0.1) is 5.41 Å². The third-order valence-electron chi connectivity index (χ3n) is 5.30. The first-order valence-electron chi connectivity index (χ1n) is 7.94. The average Bonchev–Trinajstić information content (AvgIpc) is 3.15. The molecule has 136 valence electrons. The Hall–Kier alpha value is -2.12. The van der Waals surface area contributed by atoms with Crippen molar-refractivity contribution in [2.24, 2.45) is 10.8 Å². The second kappa shape index (κ2) is 5.71. The number of aliphatic carboxylic acids is 1. The van der Waals surface area contributed by atoms with Crippen LogP contribution in [-0.4, -0.2) is 41.1 Å². The van der Waals surface area contributed by atoms with Crippen molar-refractivity contribution in [3.63, 3.8) is 0 Å². The number of carbonyl (C=O) groups excluding carboxylic acids is 1. The maximum absolute atomic E-state index is 13.8. The summed E-state index contributed by atoms with van der Waals surface area (Å²) in [5.74, 6) is -2.93. The molecule has 8 heteroatoms. The molecule has 1 aromatic carbocycles. The predicted molar refractivity (Wildman–Crippen MR) is 79.1 cm³/mol. The Morgan fingerprint density at radius 1 is 1.16 bits per heavy atom. The molecule has 3 rings (SSSR count). The Kier molecular flexibility index (Phi) is 4.04. The number of halogens is 4. The van der Waals surface area contributed by atoms with E-state index in [2.05, 4.69) is 0 Å². The van der Waals surface area contributed by atoms with Crippen LogP contribution in [0.2, 0.25) is 0 Å². The monoisotopic (exact) mass is 359 g/mol. The highest BCUT2D eigenvalue weighted by atomic mass is 19.4. The van der Waals surface area contributed by atoms with Gasteiger partial charge in [0.2, 0.25) is 5.91 Å². The van der Waals surface area contributed by atoms with Gasteiger partial charge in [-0.3, -0.25) is 9.59 Å². The molecular formula is C17H17F4NO3. The summed E-state index contributed by atoms with van der Waals surface area (Å²) in [5.41, 5.74) is -3.49. The van der Waals surface area contributed by atoms with Crippen LogP contribution in [0, 0.1) is 16.6 Å². The zero-order valence-electron chi connectivity index (χ0n) is 13.3. The SMILES string of the molecule is O=C(N1CCC(C(=O)O)(C(F)(F)F)C1)C1(Cc2ccccc2F)CC1. The van der Waals surface area contributed by atoms with Gasteiger partial charge in [-0.15, -0.1) is 0 Å². The molecule has 25 heavy (non-hydrogen) atoms. The number of carboxylic acids is 1. The van der Waals surface area contributed by atoms with Gasteiger partial charge < -0.3 is 10.0 Å². The summed E-state index contributed by atoms with van der Waals surface area (Å²) >= 11 is 0. The van der Waals surface area contributed by atoms with Crippen molar-refractivity contribution < 1.29 is 32.3 Å². The molecule has 2 aliphatic rings. The molecule has 0 spiro atoms. The summed E-state index contributed by atoms with van der Waals surface area (Å²) in [5, 5.41) is 9.08. The Morgan fingerprint density at radius 3 is 2.28 bits per heavy atom. The van der Waals surface area contributed by atoms with E-state index < -0.39 is 47.7 Å². The van der Waals surface area contributed by atoms with Crippen molar-refractivity contribution in [2.45, 2.75) is 31.9 Å². The molecule has 1 amide bonds. The number of likely N-dealkylation sites (tertiary alicyclic amines) is 1. The van der Waals surface area contributed by atoms with Gasteiger partial charge >= 0.3 is 12.1 Å². The van der Waals surface area contributed by atoms with Crippen LogP contribution in [0.25, 0.3) is 0 Å². The smallest absolute Gasteiger partial charge is 0.406 e. The van der Waals surface area contributed by atoms with Crippen LogP contribution in [0.15, 0.2) is 24.3 Å². The number of hydrogen-bond acceptors (Lipinski definition) is 2. The summed E-state index contributed by atoms with van der Waals surface area (Å²) in [6, 6.07) is 5.97. The number of rotatable bonds is 4. The highest BCUT2D eigenvalue weighted by Gasteiger charge is 2.65. The van der Waals surface area contributed by atoms with Gasteiger partial charge in [0.25, 0.3) is 0 Å². The topological polar surface area (TPSA) is 57.6 Å². The minimum atomic E-state index is -4.93. The van der Waals surface area contributed by atoms with Crippen LogP contribution < -0.4 is 0 Å². The molecular weight excluding hydrogens is 342 g/mol. The third kappa shape index (κ3) is 2.87. The van der Waals surface area contributed by atoms with E-state index in [0.29, 0.717) is 18.4 Å². The van der Waals surface area contributed by atoms with Gasteiger partial charge in [-0.2, -0.15) is 13.2 Å². The molecule has 1 heterocycles. The number of carbonyl (C=O) groups is 2. The molecule has 1 saturated heterocycles. The third-order valence-corrected chi connectivity index (χ3v) is 5.30. The number of nitrogens with zero attached hydrogens (tertiary/aromatic N) is 1. The standard InChI is InChI=1S/C17H17F4NO3/c18-12-4-2-1-3-11(12)9-15(5-6-15)13(23)22-8-7-16(10-22,14(24)25)17(19,20)21/h1-4H,5-10H2,(H,24,25). The molecule has 0 radical (unpaired) electrons. The quantitative estimate of drug-likeness (QED) is 0.841. The highest BCUT2D eigenvalue weighted by molar-refractivity contribution is 5.87. The number of amides is 1. The zero-order valence-corrected chi connectivity index (χ0v) is 13.3. The van der Waals surface area contributed by atoms with Crippen molar-refractivity contribution in [3.8, 4) is 0 Å². The first-order valence-corrected chi connectivity index (χ1v) is 7.94. The minimum absolute atomic E-state index is 0.112. The first kappa shape index (κ1) is 17.7. The van der Waals surface area contributed by atoms with Gasteiger partial charge in [0.15, 0.2) is 5.41 Å². The van der Waals surface area contributed by atoms with E-state index in [1.807, 2.05) is 0 Å². The molecule has 1 unspecified atom stereocenters. The lowest BCUT2D eigenvalue weighted by Crippen LogP contribution is -2.48. The Balaban J connectivity index is 1.78. The molecule has 1 aromatic rings. The summed E-state index contributed by atoms with van der Waals surface area (Å²) < 4.78 is 53.6. The van der Waals surface area contributed by atoms with Gasteiger partial charge in [-0.25, -0.2) is 4.39 Å². The molecule has 0 bridgehead atoms. The number of benzene rings is 1. The van der Waals surface area contributed by atoms with E-state index in [1.165, 1.54) is 12.1 Å². The fourth-order valence-corrected chi connectivity index (χ4v) is 3.47. The van der Waals surface area contributed by atoms with Crippen molar-refractivity contribution in [3.05, 3.63) is 35.6 Å². The van der Waals surface area contributed by atoms with Crippen molar-refractivity contribution in [2.75, 3.05) is 13.1 Å². The van der Waals surface area contributed by atoms with Crippen LogP contribution in [0.4, 0.5) is 17.6 Å². The molecule has 1 aliphatic heterocycles. The normalized spacial score (nSPS) is 25.0. The Bertz CT molecular complexity index is 714. The Labute approximate surface area is 141 Å². The minimum Gasteiger partial charge on any atom is -0.481 e. The van der Waals surface area contributed by atoms with Crippen LogP contribution in [0.3, 0.4) is 0 Å². The van der Waals surface area contributed by atoms with E-state index in [9.17, 15) is 27.2 Å². The average molecular weight is 359 g/mol. The maximum Gasteiger partial charge on any atom is 0.406 e. The van der Waals surface area contributed by atoms with Crippen molar-refractivity contribution in [1.29, 1.82) is 0 Å². The lowest BCUT2D eigenvalue weighted by Gasteiger charge is -2.28. The van der Waals surface area contributed by atoms with Gasteiger partial charge in [0, 0.05) is 13.1 Å². The van der Waals surface area contributed by atoms with Crippen molar-refractivity contribution in [1.82, 2.24) is 4.90 Å². The molecule has 4 nitrogen and oxygen atoms in total. The summed E-state index contributed by atoms with van der Waals surface area (Å²) in [7, 11) is 0.